The van der Waals surface area contributed by atoms with Crippen LogP contribution in [0.3, 0.4) is 0 Å². The number of benzene rings is 2. The smallest absolute Gasteiger partial charge is 0.224 e. The van der Waals surface area contributed by atoms with Gasteiger partial charge >= 0.3 is 0 Å². The van der Waals surface area contributed by atoms with Gasteiger partial charge < -0.3 is 15.4 Å². The number of rotatable bonds is 8. The lowest BCUT2D eigenvalue weighted by Gasteiger charge is -2.17. The van der Waals surface area contributed by atoms with Crippen LogP contribution in [-0.2, 0) is 6.42 Å². The number of hydrogen-bond donors (Lipinski definition) is 2. The molecule has 0 spiro atoms. The predicted octanol–water partition coefficient (Wildman–Crippen LogP) is 5.32. The first kappa shape index (κ1) is 19.7. The minimum Gasteiger partial charge on any atom is -0.497 e. The van der Waals surface area contributed by atoms with Crippen LogP contribution in [0.1, 0.15) is 36.5 Å². The van der Waals surface area contributed by atoms with Crippen molar-refractivity contribution < 1.29 is 4.74 Å². The Bertz CT molecular complexity index is 924. The fourth-order valence-corrected chi connectivity index (χ4v) is 3.13. The summed E-state index contributed by atoms with van der Waals surface area (Å²) in [5.74, 6) is 2.71. The molecule has 3 aromatic rings. The summed E-state index contributed by atoms with van der Waals surface area (Å²) < 4.78 is 5.27. The number of nitrogens with zero attached hydrogens (tertiary/aromatic N) is 2. The molecule has 1 heterocycles. The topological polar surface area (TPSA) is 59.1 Å². The van der Waals surface area contributed by atoms with Gasteiger partial charge in [0.25, 0.3) is 0 Å². The third-order valence-corrected chi connectivity index (χ3v) is 4.67. The first-order valence-electron chi connectivity index (χ1n) is 9.63. The molecule has 0 atom stereocenters. The molecule has 2 aromatic carbocycles. The zero-order valence-corrected chi connectivity index (χ0v) is 17.0. The van der Waals surface area contributed by atoms with Crippen LogP contribution in [0.2, 0.25) is 0 Å². The van der Waals surface area contributed by atoms with Crippen molar-refractivity contribution in [3.8, 4) is 5.75 Å². The fraction of sp³-hybridized carbons (Fsp3) is 0.304. The maximum atomic E-state index is 5.27. The monoisotopic (exact) mass is 376 g/mol. The number of para-hydroxylation sites is 1. The van der Waals surface area contributed by atoms with Crippen molar-refractivity contribution in [2.75, 3.05) is 24.3 Å². The average molecular weight is 377 g/mol. The molecule has 0 radical (unpaired) electrons. The summed E-state index contributed by atoms with van der Waals surface area (Å²) in [6.45, 7) is 7.26. The molecule has 5 heteroatoms. The lowest BCUT2D eigenvalue weighted by Crippen LogP contribution is -2.09. The molecule has 0 saturated heterocycles. The van der Waals surface area contributed by atoms with E-state index in [4.69, 9.17) is 4.74 Å². The number of aryl methyl sites for hydroxylation is 1. The maximum Gasteiger partial charge on any atom is 0.224 e. The molecule has 146 valence electrons. The van der Waals surface area contributed by atoms with E-state index in [2.05, 4.69) is 65.6 Å². The van der Waals surface area contributed by atoms with Crippen LogP contribution < -0.4 is 15.4 Å². The van der Waals surface area contributed by atoms with Crippen molar-refractivity contribution in [1.29, 1.82) is 0 Å². The molecule has 2 N–H and O–H groups in total. The van der Waals surface area contributed by atoms with Crippen LogP contribution >= 0.6 is 0 Å². The summed E-state index contributed by atoms with van der Waals surface area (Å²) in [7, 11) is 1.68. The third-order valence-electron chi connectivity index (χ3n) is 4.67. The van der Waals surface area contributed by atoms with Gasteiger partial charge in [0.15, 0.2) is 0 Å². The second-order valence-electron chi connectivity index (χ2n) is 7.11. The Balaban J connectivity index is 1.66. The van der Waals surface area contributed by atoms with Crippen molar-refractivity contribution in [3.05, 3.63) is 71.4 Å². The van der Waals surface area contributed by atoms with E-state index in [1.54, 1.807) is 13.3 Å². The third kappa shape index (κ3) is 5.00. The highest BCUT2D eigenvalue weighted by Crippen LogP contribution is 2.29. The Morgan fingerprint density at radius 1 is 1.07 bits per heavy atom. The second-order valence-corrected chi connectivity index (χ2v) is 7.11. The summed E-state index contributed by atoms with van der Waals surface area (Å²) in [6.07, 6.45) is 2.64. The van der Waals surface area contributed by atoms with Crippen LogP contribution in [0.5, 0.6) is 5.75 Å². The zero-order valence-electron chi connectivity index (χ0n) is 17.0. The Kier molecular flexibility index (Phi) is 6.48. The van der Waals surface area contributed by atoms with Gasteiger partial charge in [-0.25, -0.2) is 4.98 Å². The van der Waals surface area contributed by atoms with E-state index in [9.17, 15) is 0 Å². The van der Waals surface area contributed by atoms with Crippen molar-refractivity contribution >= 4 is 17.5 Å². The lowest BCUT2D eigenvalue weighted by atomic mass is 9.98. The number of ether oxygens (including phenoxy) is 1. The number of hydrogen-bond acceptors (Lipinski definition) is 5. The quantitative estimate of drug-likeness (QED) is 0.557. The molecule has 0 amide bonds. The fourth-order valence-electron chi connectivity index (χ4n) is 3.13. The van der Waals surface area contributed by atoms with Crippen molar-refractivity contribution in [2.24, 2.45) is 0 Å². The predicted molar refractivity (Wildman–Crippen MR) is 116 cm³/mol. The molecule has 5 nitrogen and oxygen atoms in total. The first-order valence-corrected chi connectivity index (χ1v) is 9.63. The highest BCUT2D eigenvalue weighted by Gasteiger charge is 2.10. The maximum absolute atomic E-state index is 5.27. The lowest BCUT2D eigenvalue weighted by molar-refractivity contribution is 0.414. The van der Waals surface area contributed by atoms with E-state index >= 15 is 0 Å². The van der Waals surface area contributed by atoms with Crippen LogP contribution in [0.25, 0.3) is 0 Å². The SMILES string of the molecule is COc1cccc(CCNc2nccc(Nc3c(C)cccc3C(C)C)n2)c1. The molecular weight excluding hydrogens is 348 g/mol. The van der Waals surface area contributed by atoms with Crippen molar-refractivity contribution in [1.82, 2.24) is 9.97 Å². The standard InChI is InChI=1S/C23H28N4O/c1-16(2)20-10-5-7-17(3)22(20)26-21-12-14-25-23(27-21)24-13-11-18-8-6-9-19(15-18)28-4/h5-10,12,14-16H,11,13H2,1-4H3,(H2,24,25,26,27). The van der Waals surface area contributed by atoms with Crippen molar-refractivity contribution in [2.45, 2.75) is 33.1 Å². The Hall–Kier alpha value is -3.08. The van der Waals surface area contributed by atoms with Crippen LogP contribution in [0.15, 0.2) is 54.7 Å². The van der Waals surface area contributed by atoms with Gasteiger partial charge in [-0.3, -0.25) is 0 Å². The van der Waals surface area contributed by atoms with Crippen LogP contribution in [0.4, 0.5) is 17.5 Å². The number of nitrogens with one attached hydrogen (secondary N) is 2. The Labute approximate surface area is 167 Å². The van der Waals surface area contributed by atoms with Gasteiger partial charge in [0.2, 0.25) is 5.95 Å². The number of methoxy groups -OCH3 is 1. The normalized spacial score (nSPS) is 10.8. The molecule has 1 aromatic heterocycles. The molecule has 0 fully saturated rings. The minimum absolute atomic E-state index is 0.435. The first-order chi connectivity index (χ1) is 13.6. The van der Waals surface area contributed by atoms with E-state index in [-0.39, 0.29) is 0 Å². The van der Waals surface area contributed by atoms with E-state index in [0.717, 1.165) is 30.2 Å². The van der Waals surface area contributed by atoms with E-state index < -0.39 is 0 Å². The van der Waals surface area contributed by atoms with Crippen LogP contribution in [-0.4, -0.2) is 23.6 Å². The summed E-state index contributed by atoms with van der Waals surface area (Å²) in [5.41, 5.74) is 4.82. The highest BCUT2D eigenvalue weighted by atomic mass is 16.5. The van der Waals surface area contributed by atoms with E-state index in [1.165, 1.54) is 16.7 Å². The Morgan fingerprint density at radius 2 is 1.89 bits per heavy atom. The molecule has 0 aliphatic heterocycles. The minimum atomic E-state index is 0.435. The van der Waals surface area contributed by atoms with Gasteiger partial charge in [0.1, 0.15) is 11.6 Å². The number of aromatic nitrogens is 2. The van der Waals surface area contributed by atoms with Crippen molar-refractivity contribution in [3.63, 3.8) is 0 Å². The molecule has 0 bridgehead atoms. The van der Waals surface area contributed by atoms with Crippen LogP contribution in [0, 0.1) is 6.92 Å². The Morgan fingerprint density at radius 3 is 2.68 bits per heavy atom. The van der Waals surface area contributed by atoms with E-state index in [1.807, 2.05) is 24.3 Å². The molecule has 0 unspecified atom stereocenters. The van der Waals surface area contributed by atoms with Gasteiger partial charge in [0, 0.05) is 18.4 Å². The summed E-state index contributed by atoms with van der Waals surface area (Å²) >= 11 is 0. The molecule has 0 aliphatic rings. The zero-order chi connectivity index (χ0) is 19.9. The van der Waals surface area contributed by atoms with E-state index in [0.29, 0.717) is 11.9 Å². The van der Waals surface area contributed by atoms with Gasteiger partial charge in [-0.2, -0.15) is 4.98 Å². The highest BCUT2D eigenvalue weighted by molar-refractivity contribution is 5.65. The average Bonchev–Trinajstić information content (AvgIpc) is 2.70. The molecular formula is C23H28N4O. The number of anilines is 3. The largest absolute Gasteiger partial charge is 0.497 e. The van der Waals surface area contributed by atoms with Gasteiger partial charge in [-0.15, -0.1) is 0 Å². The molecule has 0 aliphatic carbocycles. The van der Waals surface area contributed by atoms with Gasteiger partial charge in [-0.05, 0) is 54.2 Å². The summed E-state index contributed by atoms with van der Waals surface area (Å²) in [4.78, 5) is 8.96. The summed E-state index contributed by atoms with van der Waals surface area (Å²) in [5, 5.41) is 6.78. The second kappa shape index (κ2) is 9.22. The molecule has 0 saturated carbocycles. The molecule has 3 rings (SSSR count). The van der Waals surface area contributed by atoms with Gasteiger partial charge in [0.05, 0.1) is 7.11 Å². The molecule has 28 heavy (non-hydrogen) atoms. The van der Waals surface area contributed by atoms with Gasteiger partial charge in [-0.1, -0.05) is 44.2 Å². The summed E-state index contributed by atoms with van der Waals surface area (Å²) in [6, 6.07) is 16.4.